The molecule has 0 saturated carbocycles. The molecule has 0 aliphatic rings. The zero-order chi connectivity index (χ0) is 17.4. The lowest BCUT2D eigenvalue weighted by Crippen LogP contribution is -2.01. The van der Waals surface area contributed by atoms with Crippen LogP contribution in [0.2, 0.25) is 0 Å². The molecule has 4 nitrogen and oxygen atoms in total. The molecule has 24 heavy (non-hydrogen) atoms. The SMILES string of the molecule is N#CCOc1ccc(C(=O)/C=C/c2ccc(OC(F)F)cc2)cc1. The largest absolute Gasteiger partial charge is 0.479 e. The Bertz CT molecular complexity index is 747. The van der Waals surface area contributed by atoms with Crippen molar-refractivity contribution in [1.29, 1.82) is 5.26 Å². The van der Waals surface area contributed by atoms with Gasteiger partial charge in [0.2, 0.25) is 0 Å². The average molecular weight is 329 g/mol. The third kappa shape index (κ3) is 5.21. The fourth-order valence-electron chi connectivity index (χ4n) is 1.86. The molecule has 0 heterocycles. The Morgan fingerprint density at radius 1 is 1.08 bits per heavy atom. The molecule has 0 fully saturated rings. The van der Waals surface area contributed by atoms with Crippen LogP contribution < -0.4 is 9.47 Å². The monoisotopic (exact) mass is 329 g/mol. The lowest BCUT2D eigenvalue weighted by molar-refractivity contribution is -0.0498. The van der Waals surface area contributed by atoms with Crippen molar-refractivity contribution in [3.05, 3.63) is 65.7 Å². The molecule has 0 aromatic heterocycles. The molecule has 0 amide bonds. The number of hydrogen-bond donors (Lipinski definition) is 0. The molecule has 0 spiro atoms. The number of carbonyl (C=O) groups is 1. The number of hydrogen-bond acceptors (Lipinski definition) is 4. The molecule has 0 aliphatic heterocycles. The van der Waals surface area contributed by atoms with E-state index in [0.29, 0.717) is 16.9 Å². The van der Waals surface area contributed by atoms with Gasteiger partial charge in [0, 0.05) is 5.56 Å². The third-order valence-electron chi connectivity index (χ3n) is 2.97. The van der Waals surface area contributed by atoms with Gasteiger partial charge in [0.15, 0.2) is 12.4 Å². The summed E-state index contributed by atoms with van der Waals surface area (Å²) in [6.45, 7) is -2.92. The van der Waals surface area contributed by atoms with Crippen molar-refractivity contribution in [2.75, 3.05) is 6.61 Å². The number of nitriles is 1. The van der Waals surface area contributed by atoms with Crippen LogP contribution in [0, 0.1) is 11.3 Å². The van der Waals surface area contributed by atoms with Crippen LogP contribution in [0.5, 0.6) is 11.5 Å². The van der Waals surface area contributed by atoms with E-state index in [1.54, 1.807) is 42.5 Å². The fourth-order valence-corrected chi connectivity index (χ4v) is 1.86. The molecular weight excluding hydrogens is 316 g/mol. The van der Waals surface area contributed by atoms with Crippen LogP contribution in [0.25, 0.3) is 6.08 Å². The number of benzene rings is 2. The van der Waals surface area contributed by atoms with Crippen LogP contribution in [-0.2, 0) is 0 Å². The maximum Gasteiger partial charge on any atom is 0.387 e. The Kier molecular flexibility index (Phi) is 6.03. The minimum atomic E-state index is -2.87. The first kappa shape index (κ1) is 17.2. The summed E-state index contributed by atoms with van der Waals surface area (Å²) in [5, 5.41) is 8.43. The molecule has 2 aromatic carbocycles. The van der Waals surface area contributed by atoms with Gasteiger partial charge in [-0.25, -0.2) is 0 Å². The molecule has 0 saturated heterocycles. The summed E-state index contributed by atoms with van der Waals surface area (Å²) in [6, 6.07) is 14.2. The predicted molar refractivity (Wildman–Crippen MR) is 84.0 cm³/mol. The number of ketones is 1. The number of alkyl halides is 2. The highest BCUT2D eigenvalue weighted by Gasteiger charge is 2.04. The molecule has 0 radical (unpaired) electrons. The van der Waals surface area contributed by atoms with Gasteiger partial charge in [0.25, 0.3) is 0 Å². The second-order valence-electron chi connectivity index (χ2n) is 4.62. The van der Waals surface area contributed by atoms with Gasteiger partial charge in [-0.05, 0) is 48.0 Å². The summed E-state index contributed by atoms with van der Waals surface area (Å²) in [4.78, 5) is 12.1. The minimum absolute atomic E-state index is 0.0569. The first-order valence-corrected chi connectivity index (χ1v) is 6.95. The zero-order valence-electron chi connectivity index (χ0n) is 12.5. The van der Waals surface area contributed by atoms with E-state index in [0.717, 1.165) is 0 Å². The summed E-state index contributed by atoms with van der Waals surface area (Å²) in [5.41, 5.74) is 1.15. The molecule has 122 valence electrons. The van der Waals surface area contributed by atoms with Crippen LogP contribution in [0.4, 0.5) is 8.78 Å². The Labute approximate surface area is 137 Å². The number of halogens is 2. The van der Waals surface area contributed by atoms with Crippen molar-refractivity contribution in [1.82, 2.24) is 0 Å². The van der Waals surface area contributed by atoms with E-state index in [1.165, 1.54) is 18.2 Å². The Balaban J connectivity index is 1.98. The number of ether oxygens (including phenoxy) is 2. The molecule has 0 aliphatic carbocycles. The van der Waals surface area contributed by atoms with Crippen molar-refractivity contribution in [3.8, 4) is 17.6 Å². The summed E-state index contributed by atoms with van der Waals surface area (Å²) < 4.78 is 33.5. The van der Waals surface area contributed by atoms with Gasteiger partial charge in [0.05, 0.1) is 0 Å². The maximum absolute atomic E-state index is 12.1. The average Bonchev–Trinajstić information content (AvgIpc) is 2.59. The lowest BCUT2D eigenvalue weighted by atomic mass is 10.1. The third-order valence-corrected chi connectivity index (χ3v) is 2.97. The molecule has 2 aromatic rings. The van der Waals surface area contributed by atoms with Gasteiger partial charge in [-0.1, -0.05) is 18.2 Å². The van der Waals surface area contributed by atoms with Gasteiger partial charge in [-0.15, -0.1) is 0 Å². The van der Waals surface area contributed by atoms with Gasteiger partial charge in [0.1, 0.15) is 17.6 Å². The van der Waals surface area contributed by atoms with Crippen molar-refractivity contribution in [3.63, 3.8) is 0 Å². The topological polar surface area (TPSA) is 59.3 Å². The zero-order valence-corrected chi connectivity index (χ0v) is 12.5. The predicted octanol–water partition coefficient (Wildman–Crippen LogP) is 4.09. The van der Waals surface area contributed by atoms with Gasteiger partial charge in [-0.2, -0.15) is 14.0 Å². The van der Waals surface area contributed by atoms with Crippen LogP contribution in [0.3, 0.4) is 0 Å². The highest BCUT2D eigenvalue weighted by molar-refractivity contribution is 6.06. The summed E-state index contributed by atoms with van der Waals surface area (Å²) in [6.07, 6.45) is 2.96. The molecule has 0 N–H and O–H groups in total. The molecule has 0 bridgehead atoms. The van der Waals surface area contributed by atoms with E-state index in [9.17, 15) is 13.6 Å². The van der Waals surface area contributed by atoms with Crippen molar-refractivity contribution < 1.29 is 23.0 Å². The van der Waals surface area contributed by atoms with Gasteiger partial charge in [-0.3, -0.25) is 4.79 Å². The number of allylic oxidation sites excluding steroid dienone is 1. The smallest absolute Gasteiger partial charge is 0.387 e. The summed E-state index contributed by atoms with van der Waals surface area (Å²) in [7, 11) is 0. The summed E-state index contributed by atoms with van der Waals surface area (Å²) >= 11 is 0. The number of nitrogens with zero attached hydrogens (tertiary/aromatic N) is 1. The fraction of sp³-hybridized carbons (Fsp3) is 0.111. The second-order valence-corrected chi connectivity index (χ2v) is 4.62. The van der Waals surface area contributed by atoms with Crippen LogP contribution >= 0.6 is 0 Å². The minimum Gasteiger partial charge on any atom is -0.479 e. The van der Waals surface area contributed by atoms with E-state index in [-0.39, 0.29) is 18.1 Å². The highest BCUT2D eigenvalue weighted by atomic mass is 19.3. The van der Waals surface area contributed by atoms with Crippen molar-refractivity contribution in [2.24, 2.45) is 0 Å². The Morgan fingerprint density at radius 2 is 1.71 bits per heavy atom. The first-order valence-electron chi connectivity index (χ1n) is 6.95. The second kappa shape index (κ2) is 8.44. The quantitative estimate of drug-likeness (QED) is 0.567. The standard InChI is InChI=1S/C18H13F2NO3/c19-18(20)24-16-6-1-13(2-7-16)3-10-17(22)14-4-8-15(9-5-14)23-12-11-21/h1-10,18H,12H2/b10-3+. The molecule has 6 heteroatoms. The molecule has 2 rings (SSSR count). The van der Waals surface area contributed by atoms with Gasteiger partial charge < -0.3 is 9.47 Å². The van der Waals surface area contributed by atoms with Crippen LogP contribution in [-0.4, -0.2) is 19.0 Å². The Morgan fingerprint density at radius 3 is 2.29 bits per heavy atom. The molecule has 0 atom stereocenters. The first-order chi connectivity index (χ1) is 11.6. The Hall–Kier alpha value is -3.20. The van der Waals surface area contributed by atoms with E-state index < -0.39 is 6.61 Å². The van der Waals surface area contributed by atoms with E-state index in [4.69, 9.17) is 10.00 Å². The van der Waals surface area contributed by atoms with E-state index in [2.05, 4.69) is 4.74 Å². The van der Waals surface area contributed by atoms with Gasteiger partial charge >= 0.3 is 6.61 Å². The van der Waals surface area contributed by atoms with E-state index in [1.807, 2.05) is 6.07 Å². The van der Waals surface area contributed by atoms with Crippen LogP contribution in [0.15, 0.2) is 54.6 Å². The van der Waals surface area contributed by atoms with Crippen LogP contribution in [0.1, 0.15) is 15.9 Å². The lowest BCUT2D eigenvalue weighted by Gasteiger charge is -2.04. The van der Waals surface area contributed by atoms with Crippen molar-refractivity contribution in [2.45, 2.75) is 6.61 Å². The maximum atomic E-state index is 12.1. The number of rotatable bonds is 7. The molecule has 0 unspecified atom stereocenters. The highest BCUT2D eigenvalue weighted by Crippen LogP contribution is 2.16. The van der Waals surface area contributed by atoms with E-state index >= 15 is 0 Å². The number of carbonyl (C=O) groups excluding carboxylic acids is 1. The summed E-state index contributed by atoms with van der Waals surface area (Å²) in [5.74, 6) is 0.350. The normalized spacial score (nSPS) is 10.6. The van der Waals surface area contributed by atoms with Crippen molar-refractivity contribution >= 4 is 11.9 Å². The molecular formula is C18H13F2NO3.